The number of H-pyrrole nitrogens is 1. The topological polar surface area (TPSA) is 121 Å². The third-order valence-electron chi connectivity index (χ3n) is 3.53. The normalized spacial score (nSPS) is 20.5. The molecule has 2 N–H and O–H groups in total. The van der Waals surface area contributed by atoms with E-state index in [2.05, 4.69) is 15.4 Å². The zero-order valence-corrected chi connectivity index (χ0v) is 13.1. The minimum absolute atomic E-state index is 0.125. The van der Waals surface area contributed by atoms with E-state index in [4.69, 9.17) is 11.6 Å². The van der Waals surface area contributed by atoms with Crippen molar-refractivity contribution in [1.82, 2.24) is 15.0 Å². The highest BCUT2D eigenvalue weighted by molar-refractivity contribution is 6.34. The molecular formula is C14H12ClN5O4. The van der Waals surface area contributed by atoms with Crippen LogP contribution in [0.1, 0.15) is 17.3 Å². The van der Waals surface area contributed by atoms with Gasteiger partial charge in [-0.25, -0.2) is 4.98 Å². The Labute approximate surface area is 140 Å². The van der Waals surface area contributed by atoms with Crippen LogP contribution in [0.25, 0.3) is 0 Å². The van der Waals surface area contributed by atoms with Gasteiger partial charge in [0.05, 0.1) is 4.92 Å². The first-order chi connectivity index (χ1) is 11.4. The molecule has 1 fully saturated rings. The number of Topliss-reactive ketones (excluding diaryl/α,β-unsaturated/α-hetero) is 1. The van der Waals surface area contributed by atoms with E-state index in [1.165, 1.54) is 29.3 Å². The quantitative estimate of drug-likeness (QED) is 0.371. The molecule has 1 unspecified atom stereocenters. The molecule has 1 aromatic carbocycles. The number of nitro benzene ring substituents is 1. The molecule has 1 aromatic heterocycles. The zero-order chi connectivity index (χ0) is 17.4. The minimum atomic E-state index is -0.972. The van der Waals surface area contributed by atoms with Crippen LogP contribution in [0.15, 0.2) is 35.1 Å². The van der Waals surface area contributed by atoms with Crippen molar-refractivity contribution in [3.05, 3.63) is 62.1 Å². The second-order valence-corrected chi connectivity index (χ2v) is 5.66. The fraction of sp³-hybridized carbons (Fsp3) is 0.214. The highest BCUT2D eigenvalue weighted by Crippen LogP contribution is 2.37. The van der Waals surface area contributed by atoms with E-state index in [9.17, 15) is 19.7 Å². The number of carbonyl (C=O) groups is 1. The van der Waals surface area contributed by atoms with Crippen LogP contribution in [0, 0.1) is 17.0 Å². The highest BCUT2D eigenvalue weighted by Gasteiger charge is 2.48. The molecule has 0 radical (unpaired) electrons. The van der Waals surface area contributed by atoms with Gasteiger partial charge in [-0.2, -0.15) is 5.01 Å². The van der Waals surface area contributed by atoms with Gasteiger partial charge < -0.3 is 0 Å². The molecule has 10 heteroatoms. The van der Waals surface area contributed by atoms with Crippen LogP contribution in [0.4, 0.5) is 11.6 Å². The van der Waals surface area contributed by atoms with E-state index < -0.39 is 16.5 Å². The number of hydrogen-bond donors (Lipinski definition) is 2. The van der Waals surface area contributed by atoms with Gasteiger partial charge in [0, 0.05) is 23.9 Å². The Morgan fingerprint density at radius 3 is 2.79 bits per heavy atom. The molecule has 0 aliphatic carbocycles. The van der Waals surface area contributed by atoms with E-state index in [-0.39, 0.29) is 23.0 Å². The average Bonchev–Trinajstić information content (AvgIpc) is 2.53. The number of ketones is 1. The Morgan fingerprint density at radius 1 is 1.38 bits per heavy atom. The summed E-state index contributed by atoms with van der Waals surface area (Å²) in [5.74, 6) is -0.173. The number of aryl methyl sites for hydroxylation is 1. The predicted molar refractivity (Wildman–Crippen MR) is 85.5 cm³/mol. The second-order valence-electron chi connectivity index (χ2n) is 5.25. The number of rotatable bonds is 4. The van der Waals surface area contributed by atoms with Gasteiger partial charge in [0.2, 0.25) is 5.95 Å². The van der Waals surface area contributed by atoms with Gasteiger partial charge in [0.15, 0.2) is 11.3 Å². The average molecular weight is 350 g/mol. The lowest BCUT2D eigenvalue weighted by Gasteiger charge is -2.43. The molecule has 124 valence electrons. The van der Waals surface area contributed by atoms with Crippen molar-refractivity contribution in [3.63, 3.8) is 0 Å². The van der Waals surface area contributed by atoms with E-state index in [0.717, 1.165) is 0 Å². The number of aromatic amines is 1. The first-order valence-electron chi connectivity index (χ1n) is 6.92. The summed E-state index contributed by atoms with van der Waals surface area (Å²) in [6.07, 6.45) is 0. The molecule has 0 spiro atoms. The molecule has 2 atom stereocenters. The summed E-state index contributed by atoms with van der Waals surface area (Å²) in [7, 11) is 0. The highest BCUT2D eigenvalue weighted by atomic mass is 35.5. The van der Waals surface area contributed by atoms with Gasteiger partial charge in [0.1, 0.15) is 6.04 Å². The number of non-ortho nitro benzene ring substituents is 1. The number of alkyl halides is 1. The number of hydrazine groups is 1. The van der Waals surface area contributed by atoms with Gasteiger partial charge in [-0.3, -0.25) is 30.1 Å². The standard InChI is InChI=1S/C14H12ClN5O4/c1-7-5-10(21)17-14(16-7)18-19-11(12(22)13(19)15)8-3-2-4-9(6-8)20(23)24/h2-6,11,13H,1H3,(H2,16,17,18,21)/t11-,13?/m0/s1. The van der Waals surface area contributed by atoms with E-state index in [1.807, 2.05) is 0 Å². The van der Waals surface area contributed by atoms with Gasteiger partial charge in [0.25, 0.3) is 11.2 Å². The number of halogens is 1. The molecule has 9 nitrogen and oxygen atoms in total. The number of aromatic nitrogens is 2. The summed E-state index contributed by atoms with van der Waals surface area (Å²) in [4.78, 5) is 40.5. The maximum Gasteiger partial charge on any atom is 0.269 e. The van der Waals surface area contributed by atoms with Crippen LogP contribution in [-0.2, 0) is 4.79 Å². The SMILES string of the molecule is Cc1cc(=O)[nH]c(NN2C(Cl)C(=O)[C@@H]2c2cccc([N+](=O)[O-])c2)n1. The van der Waals surface area contributed by atoms with Crippen molar-refractivity contribution in [2.24, 2.45) is 0 Å². The molecule has 3 rings (SSSR count). The van der Waals surface area contributed by atoms with Crippen molar-refractivity contribution in [1.29, 1.82) is 0 Å². The Hall–Kier alpha value is -2.78. The monoisotopic (exact) mass is 349 g/mol. The van der Waals surface area contributed by atoms with Crippen molar-refractivity contribution < 1.29 is 9.72 Å². The maximum absolute atomic E-state index is 12.1. The van der Waals surface area contributed by atoms with Crippen LogP contribution in [0.3, 0.4) is 0 Å². The van der Waals surface area contributed by atoms with Crippen LogP contribution in [-0.4, -0.2) is 31.2 Å². The second kappa shape index (κ2) is 6.02. The van der Waals surface area contributed by atoms with E-state index >= 15 is 0 Å². The summed E-state index contributed by atoms with van der Waals surface area (Å²) < 4.78 is 0. The number of nitro groups is 1. The number of nitrogens with one attached hydrogen (secondary N) is 2. The summed E-state index contributed by atoms with van der Waals surface area (Å²) >= 11 is 6.00. The van der Waals surface area contributed by atoms with E-state index in [1.54, 1.807) is 13.0 Å². The zero-order valence-electron chi connectivity index (χ0n) is 12.4. The van der Waals surface area contributed by atoms with Gasteiger partial charge >= 0.3 is 0 Å². The van der Waals surface area contributed by atoms with Gasteiger partial charge in [-0.15, -0.1) is 0 Å². The van der Waals surface area contributed by atoms with Crippen molar-refractivity contribution in [2.45, 2.75) is 18.5 Å². The van der Waals surface area contributed by atoms with Gasteiger partial charge in [-0.1, -0.05) is 23.7 Å². The molecule has 1 aliphatic rings. The Morgan fingerprint density at radius 2 is 2.12 bits per heavy atom. The minimum Gasteiger partial charge on any atom is -0.294 e. The van der Waals surface area contributed by atoms with Crippen molar-refractivity contribution in [3.8, 4) is 0 Å². The first kappa shape index (κ1) is 16.1. The van der Waals surface area contributed by atoms with Crippen LogP contribution < -0.4 is 11.0 Å². The van der Waals surface area contributed by atoms with E-state index in [0.29, 0.717) is 11.3 Å². The van der Waals surface area contributed by atoms with Crippen molar-refractivity contribution in [2.75, 3.05) is 5.43 Å². The molecule has 2 aromatic rings. The predicted octanol–water partition coefficient (Wildman–Crippen LogP) is 1.50. The first-order valence-corrected chi connectivity index (χ1v) is 7.35. The van der Waals surface area contributed by atoms with Crippen LogP contribution >= 0.6 is 11.6 Å². The summed E-state index contributed by atoms with van der Waals surface area (Å²) in [5.41, 5.74) is 2.25. The molecule has 0 amide bonds. The third-order valence-corrected chi connectivity index (χ3v) is 3.95. The number of benzene rings is 1. The number of anilines is 1. The van der Waals surface area contributed by atoms with Crippen molar-refractivity contribution >= 4 is 29.0 Å². The fourth-order valence-electron chi connectivity index (χ4n) is 2.46. The Bertz CT molecular complexity index is 883. The summed E-state index contributed by atoms with van der Waals surface area (Å²) in [6, 6.07) is 6.25. The maximum atomic E-state index is 12.1. The Balaban J connectivity index is 1.90. The molecule has 24 heavy (non-hydrogen) atoms. The molecule has 2 heterocycles. The molecular weight excluding hydrogens is 338 g/mol. The molecule has 0 bridgehead atoms. The van der Waals surface area contributed by atoms with Crippen LogP contribution in [0.2, 0.25) is 0 Å². The summed E-state index contributed by atoms with van der Waals surface area (Å²) in [6.45, 7) is 1.65. The lowest BCUT2D eigenvalue weighted by molar-refractivity contribution is -0.384. The molecule has 1 saturated heterocycles. The third kappa shape index (κ3) is 2.86. The van der Waals surface area contributed by atoms with Gasteiger partial charge in [-0.05, 0) is 12.5 Å². The lowest BCUT2D eigenvalue weighted by Crippen LogP contribution is -2.59. The van der Waals surface area contributed by atoms with Crippen LogP contribution in [0.5, 0.6) is 0 Å². The largest absolute Gasteiger partial charge is 0.294 e. The number of nitrogens with zero attached hydrogens (tertiary/aromatic N) is 3. The molecule has 0 saturated carbocycles. The molecule has 1 aliphatic heterocycles. The lowest BCUT2D eigenvalue weighted by atomic mass is 9.94. The number of carbonyl (C=O) groups excluding carboxylic acids is 1. The smallest absolute Gasteiger partial charge is 0.269 e. The number of hydrogen-bond acceptors (Lipinski definition) is 7. The fourth-order valence-corrected chi connectivity index (χ4v) is 2.74. The Kier molecular flexibility index (Phi) is 4.04. The summed E-state index contributed by atoms with van der Waals surface area (Å²) in [5, 5.41) is 12.3.